The fraction of sp³-hybridized carbons (Fsp3) is 0.529. The van der Waals surface area contributed by atoms with E-state index in [-0.39, 0.29) is 24.9 Å². The second-order valence-electron chi connectivity index (χ2n) is 4.96. The van der Waals surface area contributed by atoms with Gasteiger partial charge < -0.3 is 14.8 Å². The van der Waals surface area contributed by atoms with Gasteiger partial charge >= 0.3 is 11.9 Å². The van der Waals surface area contributed by atoms with Crippen molar-refractivity contribution in [3.63, 3.8) is 0 Å². The number of hydrogen-bond donors (Lipinski definition) is 1. The zero-order valence-corrected chi connectivity index (χ0v) is 13.9. The van der Waals surface area contributed by atoms with Gasteiger partial charge in [0.05, 0.1) is 13.2 Å². The monoisotopic (exact) mass is 339 g/mol. The summed E-state index contributed by atoms with van der Waals surface area (Å²) in [6, 6.07) is 0. The number of carbonyl (C=O) groups is 4. The lowest BCUT2D eigenvalue weighted by Gasteiger charge is -2.06. The van der Waals surface area contributed by atoms with Crippen LogP contribution in [0.25, 0.3) is 0 Å². The average molecular weight is 339 g/mol. The molecule has 0 fully saturated rings. The van der Waals surface area contributed by atoms with Crippen LogP contribution >= 0.6 is 0 Å². The Balaban J connectivity index is 3.54. The van der Waals surface area contributed by atoms with Gasteiger partial charge in [0.2, 0.25) is 5.91 Å². The van der Waals surface area contributed by atoms with Crippen molar-refractivity contribution in [3.8, 4) is 0 Å². The van der Waals surface area contributed by atoms with Crippen molar-refractivity contribution in [2.24, 2.45) is 0 Å². The maximum absolute atomic E-state index is 11.3. The Labute approximate surface area is 142 Å². The Bertz CT molecular complexity index is 416. The van der Waals surface area contributed by atoms with E-state index in [4.69, 9.17) is 9.47 Å². The first-order chi connectivity index (χ1) is 11.5. The molecule has 0 saturated heterocycles. The van der Waals surface area contributed by atoms with Crippen molar-refractivity contribution >= 4 is 23.6 Å². The lowest BCUT2D eigenvalue weighted by molar-refractivity contribution is -0.167. The van der Waals surface area contributed by atoms with E-state index in [1.165, 1.54) is 12.2 Å². The van der Waals surface area contributed by atoms with Crippen LogP contribution < -0.4 is 5.32 Å². The van der Waals surface area contributed by atoms with Crippen LogP contribution in [0.4, 0.5) is 0 Å². The molecule has 1 amide bonds. The molecular formula is C17H25NO6. The fourth-order valence-corrected chi connectivity index (χ4v) is 1.64. The highest BCUT2D eigenvalue weighted by Gasteiger charge is 2.16. The highest BCUT2D eigenvalue weighted by atomic mass is 16.6. The minimum Gasteiger partial charge on any atom is -0.457 e. The predicted molar refractivity (Wildman–Crippen MR) is 88.0 cm³/mol. The summed E-state index contributed by atoms with van der Waals surface area (Å²) in [4.78, 5) is 44.5. The van der Waals surface area contributed by atoms with Gasteiger partial charge in [-0.3, -0.25) is 9.59 Å². The minimum absolute atomic E-state index is 0.0142. The van der Waals surface area contributed by atoms with Crippen molar-refractivity contribution in [3.05, 3.63) is 25.3 Å². The topological polar surface area (TPSA) is 98.8 Å². The number of esters is 2. The third-order valence-electron chi connectivity index (χ3n) is 2.98. The standard InChI is InChI=1S/C17H25NO6/c1-3-14(19)10-6-5-8-12-23-16(21)17(22)24-13-9-7-11-18-15(20)4-2/h3-4H,1-2,5-13H2,(H,18,20). The molecule has 0 atom stereocenters. The maximum atomic E-state index is 11.3. The van der Waals surface area contributed by atoms with Gasteiger partial charge in [-0.05, 0) is 44.3 Å². The van der Waals surface area contributed by atoms with E-state index in [0.29, 0.717) is 38.6 Å². The Morgan fingerprint density at radius 3 is 1.92 bits per heavy atom. The van der Waals surface area contributed by atoms with Crippen LogP contribution in [-0.2, 0) is 28.7 Å². The normalized spacial score (nSPS) is 9.67. The van der Waals surface area contributed by atoms with E-state index >= 15 is 0 Å². The predicted octanol–water partition coefficient (Wildman–Crippen LogP) is 1.47. The van der Waals surface area contributed by atoms with Crippen LogP contribution in [0, 0.1) is 0 Å². The van der Waals surface area contributed by atoms with Gasteiger partial charge in [-0.25, -0.2) is 9.59 Å². The number of ketones is 1. The number of hydrogen-bond acceptors (Lipinski definition) is 6. The third kappa shape index (κ3) is 12.1. The SMILES string of the molecule is C=CC(=O)CCCCCOC(=O)C(=O)OCCCCNC(=O)C=C. The molecule has 0 aromatic carbocycles. The largest absolute Gasteiger partial charge is 0.457 e. The molecule has 0 aliphatic carbocycles. The molecule has 7 nitrogen and oxygen atoms in total. The molecule has 0 aliphatic heterocycles. The van der Waals surface area contributed by atoms with Crippen LogP contribution in [-0.4, -0.2) is 43.4 Å². The summed E-state index contributed by atoms with van der Waals surface area (Å²) in [6.07, 6.45) is 6.00. The van der Waals surface area contributed by atoms with Crippen LogP contribution in [0.5, 0.6) is 0 Å². The molecular weight excluding hydrogens is 314 g/mol. The van der Waals surface area contributed by atoms with Crippen molar-refractivity contribution in [1.82, 2.24) is 5.32 Å². The summed E-state index contributed by atoms with van der Waals surface area (Å²) in [5, 5.41) is 2.58. The molecule has 0 spiro atoms. The van der Waals surface area contributed by atoms with E-state index < -0.39 is 11.9 Å². The van der Waals surface area contributed by atoms with Gasteiger partial charge in [-0.1, -0.05) is 13.2 Å². The molecule has 0 rings (SSSR count). The van der Waals surface area contributed by atoms with E-state index in [1.54, 1.807) is 0 Å². The maximum Gasteiger partial charge on any atom is 0.417 e. The number of carbonyl (C=O) groups excluding carboxylic acids is 4. The van der Waals surface area contributed by atoms with Crippen molar-refractivity contribution in [1.29, 1.82) is 0 Å². The highest BCUT2D eigenvalue weighted by Crippen LogP contribution is 2.02. The summed E-state index contributed by atoms with van der Waals surface area (Å²) in [5.41, 5.74) is 0. The number of ether oxygens (including phenoxy) is 2. The van der Waals surface area contributed by atoms with Gasteiger partial charge in [0, 0.05) is 13.0 Å². The van der Waals surface area contributed by atoms with E-state index in [2.05, 4.69) is 18.5 Å². The van der Waals surface area contributed by atoms with Gasteiger partial charge in [0.25, 0.3) is 0 Å². The van der Waals surface area contributed by atoms with Crippen LogP contribution in [0.15, 0.2) is 25.3 Å². The van der Waals surface area contributed by atoms with Gasteiger partial charge in [0.1, 0.15) is 0 Å². The number of rotatable bonds is 13. The molecule has 7 heteroatoms. The number of unbranched alkanes of at least 4 members (excludes halogenated alkanes) is 3. The minimum atomic E-state index is -1.02. The smallest absolute Gasteiger partial charge is 0.417 e. The van der Waals surface area contributed by atoms with Crippen LogP contribution in [0.3, 0.4) is 0 Å². The molecule has 1 N–H and O–H groups in total. The summed E-state index contributed by atoms with van der Waals surface area (Å²) in [6.45, 7) is 7.34. The molecule has 0 aliphatic rings. The van der Waals surface area contributed by atoms with E-state index in [9.17, 15) is 19.2 Å². The zero-order chi connectivity index (χ0) is 18.2. The summed E-state index contributed by atoms with van der Waals surface area (Å²) >= 11 is 0. The molecule has 134 valence electrons. The van der Waals surface area contributed by atoms with Crippen LogP contribution in [0.1, 0.15) is 38.5 Å². The molecule has 0 radical (unpaired) electrons. The lowest BCUT2D eigenvalue weighted by Crippen LogP contribution is -2.23. The van der Waals surface area contributed by atoms with Crippen molar-refractivity contribution in [2.45, 2.75) is 38.5 Å². The Morgan fingerprint density at radius 2 is 1.38 bits per heavy atom. The number of amides is 1. The second kappa shape index (κ2) is 14.2. The van der Waals surface area contributed by atoms with Gasteiger partial charge in [0.15, 0.2) is 5.78 Å². The first-order valence-corrected chi connectivity index (χ1v) is 7.90. The second-order valence-corrected chi connectivity index (χ2v) is 4.96. The molecule has 0 aromatic heterocycles. The molecule has 0 unspecified atom stereocenters. The van der Waals surface area contributed by atoms with Gasteiger partial charge in [-0.2, -0.15) is 0 Å². The van der Waals surface area contributed by atoms with Crippen LogP contribution in [0.2, 0.25) is 0 Å². The molecule has 0 aromatic rings. The molecule has 0 heterocycles. The Morgan fingerprint density at radius 1 is 0.792 bits per heavy atom. The van der Waals surface area contributed by atoms with E-state index in [1.807, 2.05) is 0 Å². The van der Waals surface area contributed by atoms with Crippen molar-refractivity contribution in [2.75, 3.05) is 19.8 Å². The Hall–Kier alpha value is -2.44. The first-order valence-electron chi connectivity index (χ1n) is 7.90. The number of nitrogens with one attached hydrogen (secondary N) is 1. The lowest BCUT2D eigenvalue weighted by atomic mass is 10.1. The third-order valence-corrected chi connectivity index (χ3v) is 2.98. The number of allylic oxidation sites excluding steroid dienone is 1. The summed E-state index contributed by atoms with van der Waals surface area (Å²) in [5.74, 6) is -2.31. The van der Waals surface area contributed by atoms with Gasteiger partial charge in [-0.15, -0.1) is 0 Å². The fourth-order valence-electron chi connectivity index (χ4n) is 1.64. The summed E-state index contributed by atoms with van der Waals surface area (Å²) in [7, 11) is 0. The highest BCUT2D eigenvalue weighted by molar-refractivity contribution is 6.29. The molecule has 24 heavy (non-hydrogen) atoms. The summed E-state index contributed by atoms with van der Waals surface area (Å²) < 4.78 is 9.53. The quantitative estimate of drug-likeness (QED) is 0.236. The van der Waals surface area contributed by atoms with Crippen molar-refractivity contribution < 1.29 is 28.7 Å². The average Bonchev–Trinajstić information content (AvgIpc) is 2.59. The zero-order valence-electron chi connectivity index (χ0n) is 13.9. The Kier molecular flexibility index (Phi) is 12.7. The van der Waals surface area contributed by atoms with E-state index in [0.717, 1.165) is 6.42 Å². The molecule has 0 bridgehead atoms. The first kappa shape index (κ1) is 21.6. The molecule has 0 saturated carbocycles.